The molecule has 0 aliphatic carbocycles. The van der Waals surface area contributed by atoms with Crippen LogP contribution in [0.15, 0.2) is 48.1 Å². The van der Waals surface area contributed by atoms with E-state index in [9.17, 15) is 4.79 Å². The van der Waals surface area contributed by atoms with Gasteiger partial charge in [0.25, 0.3) is 0 Å². The Labute approximate surface area is 172 Å². The highest BCUT2D eigenvalue weighted by Gasteiger charge is 2.22. The first-order valence-corrected chi connectivity index (χ1v) is 10.2. The summed E-state index contributed by atoms with van der Waals surface area (Å²) in [6.07, 6.45) is 3.63. The van der Waals surface area contributed by atoms with Crippen molar-refractivity contribution in [2.45, 2.75) is 6.42 Å². The average molecular weight is 415 g/mol. The van der Waals surface area contributed by atoms with E-state index in [1.807, 2.05) is 34.5 Å². The Hall–Kier alpha value is -2.71. The predicted octanol–water partition coefficient (Wildman–Crippen LogP) is 3.22. The van der Waals surface area contributed by atoms with Gasteiger partial charge in [-0.1, -0.05) is 11.6 Å². The van der Waals surface area contributed by atoms with Gasteiger partial charge >= 0.3 is 0 Å². The molecule has 1 aromatic carbocycles. The monoisotopic (exact) mass is 414 g/mol. The molecule has 1 aliphatic rings. The van der Waals surface area contributed by atoms with Crippen LogP contribution in [0.2, 0.25) is 5.02 Å². The Morgan fingerprint density at radius 1 is 1.11 bits per heavy atom. The lowest BCUT2D eigenvalue weighted by atomic mass is 10.2. The van der Waals surface area contributed by atoms with Gasteiger partial charge in [0.2, 0.25) is 11.9 Å². The Morgan fingerprint density at radius 3 is 2.54 bits per heavy atom. The maximum Gasteiger partial charge on any atom is 0.228 e. The molecule has 1 saturated heterocycles. The number of carbonyl (C=O) groups excluding carboxylic acids is 1. The van der Waals surface area contributed by atoms with Crippen LogP contribution in [-0.4, -0.2) is 51.9 Å². The Bertz CT molecular complexity index is 925. The molecule has 0 radical (unpaired) electrons. The number of rotatable bonds is 5. The highest BCUT2D eigenvalue weighted by molar-refractivity contribution is 7.13. The van der Waals surface area contributed by atoms with E-state index in [4.69, 9.17) is 11.6 Å². The number of anilines is 3. The molecule has 1 N–H and O–H groups in total. The number of nitrogens with one attached hydrogen (secondary N) is 1. The minimum absolute atomic E-state index is 0.101. The number of piperazine rings is 1. The summed E-state index contributed by atoms with van der Waals surface area (Å²) in [7, 11) is 0. The molecule has 0 unspecified atom stereocenters. The lowest BCUT2D eigenvalue weighted by Gasteiger charge is -2.36. The topological polar surface area (TPSA) is 74.2 Å². The van der Waals surface area contributed by atoms with Gasteiger partial charge in [-0.05, 0) is 30.3 Å². The van der Waals surface area contributed by atoms with Crippen molar-refractivity contribution in [2.24, 2.45) is 0 Å². The molecular weight excluding hydrogens is 396 g/mol. The maximum absolute atomic E-state index is 12.6. The molecule has 9 heteroatoms. The van der Waals surface area contributed by atoms with Crippen LogP contribution in [0.1, 0.15) is 5.69 Å². The first-order chi connectivity index (χ1) is 13.7. The van der Waals surface area contributed by atoms with E-state index in [0.717, 1.165) is 29.5 Å². The second-order valence-corrected chi connectivity index (χ2v) is 7.66. The van der Waals surface area contributed by atoms with Crippen molar-refractivity contribution in [3.8, 4) is 0 Å². The quantitative estimate of drug-likeness (QED) is 0.691. The number of thiazole rings is 1. The minimum Gasteiger partial charge on any atom is -0.368 e. The fourth-order valence-electron chi connectivity index (χ4n) is 3.04. The largest absolute Gasteiger partial charge is 0.368 e. The SMILES string of the molecule is O=C(Cc1csc(Nc2ncccn2)n1)N1CCN(c2ccc(Cl)cc2)CC1. The van der Waals surface area contributed by atoms with E-state index in [-0.39, 0.29) is 5.91 Å². The highest BCUT2D eigenvalue weighted by atomic mass is 35.5. The van der Waals surface area contributed by atoms with E-state index in [1.54, 1.807) is 18.5 Å². The zero-order chi connectivity index (χ0) is 19.3. The summed E-state index contributed by atoms with van der Waals surface area (Å²) in [5, 5.41) is 6.36. The van der Waals surface area contributed by atoms with Crippen molar-refractivity contribution in [2.75, 3.05) is 36.4 Å². The summed E-state index contributed by atoms with van der Waals surface area (Å²) in [5.74, 6) is 0.594. The van der Waals surface area contributed by atoms with Crippen molar-refractivity contribution in [3.63, 3.8) is 0 Å². The Kier molecular flexibility index (Phi) is 5.68. The van der Waals surface area contributed by atoms with E-state index >= 15 is 0 Å². The zero-order valence-electron chi connectivity index (χ0n) is 15.1. The van der Waals surface area contributed by atoms with E-state index in [0.29, 0.717) is 30.6 Å². The second-order valence-electron chi connectivity index (χ2n) is 6.36. The number of nitrogens with zero attached hydrogens (tertiary/aromatic N) is 5. The van der Waals surface area contributed by atoms with Crippen molar-refractivity contribution in [1.29, 1.82) is 0 Å². The smallest absolute Gasteiger partial charge is 0.228 e. The fourth-order valence-corrected chi connectivity index (χ4v) is 3.87. The molecule has 0 saturated carbocycles. The van der Waals surface area contributed by atoms with E-state index in [1.165, 1.54) is 11.3 Å². The molecule has 7 nitrogen and oxygen atoms in total. The minimum atomic E-state index is 0.101. The molecule has 28 heavy (non-hydrogen) atoms. The van der Waals surface area contributed by atoms with Gasteiger partial charge in [-0.3, -0.25) is 4.79 Å². The van der Waals surface area contributed by atoms with Crippen LogP contribution in [0.3, 0.4) is 0 Å². The molecule has 3 aromatic rings. The van der Waals surface area contributed by atoms with Crippen molar-refractivity contribution in [3.05, 3.63) is 58.8 Å². The van der Waals surface area contributed by atoms with Crippen molar-refractivity contribution in [1.82, 2.24) is 19.9 Å². The molecule has 0 bridgehead atoms. The van der Waals surface area contributed by atoms with Crippen LogP contribution >= 0.6 is 22.9 Å². The number of hydrogen-bond donors (Lipinski definition) is 1. The number of carbonyl (C=O) groups is 1. The summed E-state index contributed by atoms with van der Waals surface area (Å²) < 4.78 is 0. The third-order valence-corrected chi connectivity index (χ3v) is 5.55. The Balaban J connectivity index is 1.29. The summed E-state index contributed by atoms with van der Waals surface area (Å²) in [6, 6.07) is 9.56. The van der Waals surface area contributed by atoms with Crippen LogP contribution in [0.25, 0.3) is 0 Å². The summed E-state index contributed by atoms with van der Waals surface area (Å²) in [5.41, 5.74) is 1.89. The molecule has 3 heterocycles. The van der Waals surface area contributed by atoms with Gasteiger partial charge in [-0.25, -0.2) is 15.0 Å². The van der Waals surface area contributed by atoms with Gasteiger partial charge in [0.1, 0.15) is 0 Å². The lowest BCUT2D eigenvalue weighted by molar-refractivity contribution is -0.130. The summed E-state index contributed by atoms with van der Waals surface area (Å²) >= 11 is 7.39. The Morgan fingerprint density at radius 2 is 1.82 bits per heavy atom. The van der Waals surface area contributed by atoms with Gasteiger partial charge in [-0.2, -0.15) is 0 Å². The first kappa shape index (κ1) is 18.6. The van der Waals surface area contributed by atoms with Crippen LogP contribution in [-0.2, 0) is 11.2 Å². The van der Waals surface area contributed by atoms with Crippen LogP contribution in [0, 0.1) is 0 Å². The molecule has 1 amide bonds. The molecule has 0 atom stereocenters. The fraction of sp³-hybridized carbons (Fsp3) is 0.263. The first-order valence-electron chi connectivity index (χ1n) is 8.94. The van der Waals surface area contributed by atoms with Crippen LogP contribution < -0.4 is 10.2 Å². The van der Waals surface area contributed by atoms with Gasteiger partial charge in [-0.15, -0.1) is 11.3 Å². The average Bonchev–Trinajstić information content (AvgIpc) is 3.16. The van der Waals surface area contributed by atoms with Gasteiger partial charge in [0.05, 0.1) is 12.1 Å². The third-order valence-electron chi connectivity index (χ3n) is 4.49. The summed E-state index contributed by atoms with van der Waals surface area (Å²) in [4.78, 5) is 29.5. The normalized spacial score (nSPS) is 14.2. The number of hydrogen-bond acceptors (Lipinski definition) is 7. The third kappa shape index (κ3) is 4.58. The highest BCUT2D eigenvalue weighted by Crippen LogP contribution is 2.21. The second kappa shape index (κ2) is 8.53. The lowest BCUT2D eigenvalue weighted by Crippen LogP contribution is -2.49. The number of aromatic nitrogens is 3. The molecule has 1 aliphatic heterocycles. The summed E-state index contributed by atoms with van der Waals surface area (Å²) in [6.45, 7) is 3.02. The number of amides is 1. The molecular formula is C19H19ClN6OS. The van der Waals surface area contributed by atoms with E-state index < -0.39 is 0 Å². The van der Waals surface area contributed by atoms with Gasteiger partial charge in [0, 0.05) is 54.7 Å². The van der Waals surface area contributed by atoms with Gasteiger partial charge in [0.15, 0.2) is 5.13 Å². The van der Waals surface area contributed by atoms with Crippen molar-refractivity contribution >= 4 is 45.6 Å². The molecule has 1 fully saturated rings. The van der Waals surface area contributed by atoms with E-state index in [2.05, 4.69) is 25.2 Å². The number of halogens is 1. The number of benzene rings is 1. The van der Waals surface area contributed by atoms with Gasteiger partial charge < -0.3 is 15.1 Å². The molecule has 0 spiro atoms. The van der Waals surface area contributed by atoms with Crippen LogP contribution in [0.4, 0.5) is 16.8 Å². The maximum atomic E-state index is 12.6. The zero-order valence-corrected chi connectivity index (χ0v) is 16.7. The standard InChI is InChI=1S/C19H19ClN6OS/c20-14-2-4-16(5-3-14)25-8-10-26(11-9-25)17(27)12-15-13-28-19(23-15)24-18-21-6-1-7-22-18/h1-7,13H,8-12H2,(H,21,22,23,24). The van der Waals surface area contributed by atoms with Crippen molar-refractivity contribution < 1.29 is 4.79 Å². The molecule has 2 aromatic heterocycles. The molecule has 144 valence electrons. The predicted molar refractivity (Wildman–Crippen MR) is 111 cm³/mol. The molecule has 4 rings (SSSR count). The van der Waals surface area contributed by atoms with Crippen LogP contribution in [0.5, 0.6) is 0 Å².